The van der Waals surface area contributed by atoms with Crippen molar-refractivity contribution < 1.29 is 9.59 Å². The molecule has 2 fully saturated rings. The zero-order chi connectivity index (χ0) is 16.2. The van der Waals surface area contributed by atoms with Gasteiger partial charge in [-0.2, -0.15) is 0 Å². The van der Waals surface area contributed by atoms with E-state index in [-0.39, 0.29) is 23.8 Å². The van der Waals surface area contributed by atoms with Crippen molar-refractivity contribution in [3.05, 3.63) is 35.4 Å². The Morgan fingerprint density at radius 3 is 2.87 bits per heavy atom. The lowest BCUT2D eigenvalue weighted by molar-refractivity contribution is -0.126. The molecule has 2 unspecified atom stereocenters. The van der Waals surface area contributed by atoms with Crippen molar-refractivity contribution >= 4 is 11.8 Å². The molecule has 0 spiro atoms. The molecule has 2 amide bonds. The predicted octanol–water partition coefficient (Wildman–Crippen LogP) is 2.91. The molecule has 1 heterocycles. The van der Waals surface area contributed by atoms with Gasteiger partial charge in [0.25, 0.3) is 5.91 Å². The topological polar surface area (TPSA) is 49.4 Å². The van der Waals surface area contributed by atoms with E-state index >= 15 is 0 Å². The molecule has 1 saturated carbocycles. The van der Waals surface area contributed by atoms with Gasteiger partial charge in [0.15, 0.2) is 0 Å². The van der Waals surface area contributed by atoms with Gasteiger partial charge in [-0.15, -0.1) is 0 Å². The van der Waals surface area contributed by atoms with E-state index in [0.717, 1.165) is 62.7 Å². The summed E-state index contributed by atoms with van der Waals surface area (Å²) in [6.07, 6.45) is 5.92. The maximum absolute atomic E-state index is 13.1. The summed E-state index contributed by atoms with van der Waals surface area (Å²) in [5, 5.41) is 3.06. The highest BCUT2D eigenvalue weighted by atomic mass is 16.2. The number of carbonyl (C=O) groups excluding carboxylic acids is 2. The number of hydrogen-bond acceptors (Lipinski definition) is 2. The number of aryl methyl sites for hydroxylation is 1. The van der Waals surface area contributed by atoms with Crippen molar-refractivity contribution in [3.8, 4) is 0 Å². The van der Waals surface area contributed by atoms with E-state index in [1.54, 1.807) is 0 Å². The molecule has 23 heavy (non-hydrogen) atoms. The van der Waals surface area contributed by atoms with Crippen molar-refractivity contribution in [2.75, 3.05) is 13.1 Å². The molecule has 1 aliphatic heterocycles. The van der Waals surface area contributed by atoms with Crippen LogP contribution in [0.3, 0.4) is 0 Å². The van der Waals surface area contributed by atoms with Crippen LogP contribution in [-0.4, -0.2) is 35.8 Å². The summed E-state index contributed by atoms with van der Waals surface area (Å²) in [6, 6.07) is 7.83. The minimum atomic E-state index is -0.0399. The van der Waals surface area contributed by atoms with Gasteiger partial charge < -0.3 is 10.2 Å². The van der Waals surface area contributed by atoms with Gasteiger partial charge in [0, 0.05) is 24.7 Å². The third kappa shape index (κ3) is 3.57. The van der Waals surface area contributed by atoms with Crippen LogP contribution in [-0.2, 0) is 4.79 Å². The molecule has 2 aliphatic rings. The summed E-state index contributed by atoms with van der Waals surface area (Å²) >= 11 is 0. The number of benzene rings is 1. The maximum Gasteiger partial charge on any atom is 0.254 e. The molecule has 0 radical (unpaired) electrons. The Kier molecular flexibility index (Phi) is 4.99. The van der Waals surface area contributed by atoms with Crippen molar-refractivity contribution in [2.24, 2.45) is 5.92 Å². The van der Waals surface area contributed by atoms with Gasteiger partial charge in [-0.25, -0.2) is 0 Å². The van der Waals surface area contributed by atoms with Crippen LogP contribution in [0.1, 0.15) is 54.4 Å². The minimum absolute atomic E-state index is 0.0399. The number of amides is 2. The average Bonchev–Trinajstić information content (AvgIpc) is 3.03. The summed E-state index contributed by atoms with van der Waals surface area (Å²) < 4.78 is 0. The fraction of sp³-hybridized carbons (Fsp3) is 0.579. The number of hydrogen-bond donors (Lipinski definition) is 1. The average molecular weight is 314 g/mol. The lowest BCUT2D eigenvalue weighted by Crippen LogP contribution is -2.48. The Morgan fingerprint density at radius 2 is 2.04 bits per heavy atom. The van der Waals surface area contributed by atoms with E-state index in [9.17, 15) is 9.59 Å². The second-order valence-corrected chi connectivity index (χ2v) is 6.82. The molecule has 124 valence electrons. The largest absolute Gasteiger partial charge is 0.356 e. The van der Waals surface area contributed by atoms with Gasteiger partial charge in [-0.05, 0) is 51.2 Å². The first kappa shape index (κ1) is 16.0. The Hall–Kier alpha value is -1.84. The Labute approximate surface area is 138 Å². The highest BCUT2D eigenvalue weighted by molar-refractivity contribution is 5.95. The van der Waals surface area contributed by atoms with Gasteiger partial charge in [-0.3, -0.25) is 9.59 Å². The summed E-state index contributed by atoms with van der Waals surface area (Å²) in [5.41, 5.74) is 1.84. The van der Waals surface area contributed by atoms with Crippen molar-refractivity contribution in [2.45, 2.75) is 51.5 Å². The number of nitrogens with one attached hydrogen (secondary N) is 1. The van der Waals surface area contributed by atoms with Crippen LogP contribution in [0, 0.1) is 12.8 Å². The van der Waals surface area contributed by atoms with E-state index in [1.165, 1.54) is 0 Å². The molecular formula is C19H26N2O2. The summed E-state index contributed by atoms with van der Waals surface area (Å²) in [6.45, 7) is 3.54. The lowest BCUT2D eigenvalue weighted by Gasteiger charge is -2.33. The molecule has 1 aliphatic carbocycles. The van der Waals surface area contributed by atoms with Gasteiger partial charge >= 0.3 is 0 Å². The molecule has 1 N–H and O–H groups in total. The summed E-state index contributed by atoms with van der Waals surface area (Å²) in [5.74, 6) is 0.178. The Bertz CT molecular complexity index is 584. The Balaban J connectivity index is 1.86. The second-order valence-electron chi connectivity index (χ2n) is 6.82. The molecule has 4 nitrogen and oxygen atoms in total. The number of carbonyl (C=O) groups is 2. The number of rotatable bonds is 1. The van der Waals surface area contributed by atoms with Crippen LogP contribution in [0.25, 0.3) is 0 Å². The van der Waals surface area contributed by atoms with E-state index in [2.05, 4.69) is 5.32 Å². The van der Waals surface area contributed by atoms with E-state index in [1.807, 2.05) is 36.1 Å². The van der Waals surface area contributed by atoms with Crippen LogP contribution in [0.15, 0.2) is 24.3 Å². The van der Waals surface area contributed by atoms with Crippen molar-refractivity contribution in [3.63, 3.8) is 0 Å². The predicted molar refractivity (Wildman–Crippen MR) is 90.2 cm³/mol. The number of fused-ring (bicyclic) bond motifs is 1. The first-order valence-corrected chi connectivity index (χ1v) is 8.82. The van der Waals surface area contributed by atoms with Gasteiger partial charge in [0.2, 0.25) is 5.91 Å². The van der Waals surface area contributed by atoms with Crippen LogP contribution < -0.4 is 5.32 Å². The van der Waals surface area contributed by atoms with Gasteiger partial charge in [0.1, 0.15) is 0 Å². The van der Waals surface area contributed by atoms with E-state index in [4.69, 9.17) is 0 Å². The molecular weight excluding hydrogens is 288 g/mol. The summed E-state index contributed by atoms with van der Waals surface area (Å²) in [7, 11) is 0. The molecule has 3 rings (SSSR count). The van der Waals surface area contributed by atoms with Gasteiger partial charge in [0.05, 0.1) is 5.92 Å². The fourth-order valence-corrected chi connectivity index (χ4v) is 3.91. The Morgan fingerprint density at radius 1 is 1.17 bits per heavy atom. The molecule has 1 aromatic carbocycles. The SMILES string of the molecule is Cc1cccc(C(=O)N2CCCCCNC(=O)C3CCCC32)c1. The van der Waals surface area contributed by atoms with E-state index in [0.29, 0.717) is 0 Å². The highest BCUT2D eigenvalue weighted by Gasteiger charge is 2.39. The minimum Gasteiger partial charge on any atom is -0.356 e. The number of nitrogens with zero attached hydrogens (tertiary/aromatic N) is 1. The molecule has 0 bridgehead atoms. The fourth-order valence-electron chi connectivity index (χ4n) is 3.91. The van der Waals surface area contributed by atoms with Crippen LogP contribution in [0.4, 0.5) is 0 Å². The summed E-state index contributed by atoms with van der Waals surface area (Å²) in [4.78, 5) is 27.5. The van der Waals surface area contributed by atoms with Crippen molar-refractivity contribution in [1.29, 1.82) is 0 Å². The van der Waals surface area contributed by atoms with Crippen molar-refractivity contribution in [1.82, 2.24) is 10.2 Å². The first-order chi connectivity index (χ1) is 11.2. The molecule has 0 aromatic heterocycles. The molecule has 2 atom stereocenters. The smallest absolute Gasteiger partial charge is 0.254 e. The van der Waals surface area contributed by atoms with Gasteiger partial charge in [-0.1, -0.05) is 24.1 Å². The quantitative estimate of drug-likeness (QED) is 0.866. The monoisotopic (exact) mass is 314 g/mol. The van der Waals surface area contributed by atoms with E-state index < -0.39 is 0 Å². The third-order valence-corrected chi connectivity index (χ3v) is 5.12. The maximum atomic E-state index is 13.1. The molecule has 1 aromatic rings. The molecule has 4 heteroatoms. The standard InChI is InChI=1S/C19H26N2O2/c1-14-7-5-8-15(13-14)19(23)21-12-4-2-3-11-20-18(22)16-9-6-10-17(16)21/h5,7-8,13,16-17H,2-4,6,9-12H2,1H3,(H,20,22). The van der Waals surface area contributed by atoms with Crippen LogP contribution >= 0.6 is 0 Å². The second kappa shape index (κ2) is 7.16. The third-order valence-electron chi connectivity index (χ3n) is 5.12. The zero-order valence-corrected chi connectivity index (χ0v) is 13.9. The van der Waals surface area contributed by atoms with Crippen LogP contribution in [0.5, 0.6) is 0 Å². The lowest BCUT2D eigenvalue weighted by atomic mass is 9.98. The normalized spacial score (nSPS) is 25.6. The van der Waals surface area contributed by atoms with Crippen LogP contribution in [0.2, 0.25) is 0 Å². The molecule has 1 saturated heterocycles. The zero-order valence-electron chi connectivity index (χ0n) is 13.9. The first-order valence-electron chi connectivity index (χ1n) is 8.82. The highest BCUT2D eigenvalue weighted by Crippen LogP contribution is 2.32.